The van der Waals surface area contributed by atoms with Crippen molar-refractivity contribution in [1.29, 1.82) is 0 Å². The van der Waals surface area contributed by atoms with Gasteiger partial charge in [-0.3, -0.25) is 0 Å². The fourth-order valence-electron chi connectivity index (χ4n) is 3.58. The summed E-state index contributed by atoms with van der Waals surface area (Å²) in [5, 5.41) is 7.33. The Morgan fingerprint density at radius 3 is 2.38 bits per heavy atom. The minimum atomic E-state index is -0.249. The van der Waals surface area contributed by atoms with Crippen LogP contribution in [0.15, 0.2) is 65.8 Å². The maximum absolute atomic E-state index is 12.4. The molecule has 26 heavy (non-hydrogen) atoms. The highest BCUT2D eigenvalue weighted by Crippen LogP contribution is 2.36. The highest BCUT2D eigenvalue weighted by Gasteiger charge is 2.43. The van der Waals surface area contributed by atoms with Crippen LogP contribution in [0.1, 0.15) is 30.4 Å². The lowest BCUT2D eigenvalue weighted by Crippen LogP contribution is -2.49. The van der Waals surface area contributed by atoms with Crippen LogP contribution >= 0.6 is 0 Å². The van der Waals surface area contributed by atoms with Crippen LogP contribution in [0.5, 0.6) is 0 Å². The number of carbonyl (C=O) groups is 1. The summed E-state index contributed by atoms with van der Waals surface area (Å²) in [6.45, 7) is 1.94. The first-order valence-corrected chi connectivity index (χ1v) is 9.11. The lowest BCUT2D eigenvalue weighted by atomic mass is 9.85. The molecule has 0 atom stereocenters. The summed E-state index contributed by atoms with van der Waals surface area (Å²) in [5.41, 5.74) is 2.98. The van der Waals surface area contributed by atoms with Gasteiger partial charge in [-0.1, -0.05) is 65.8 Å². The first-order chi connectivity index (χ1) is 12.7. The molecule has 1 fully saturated rings. The molecule has 2 heterocycles. The second-order valence-corrected chi connectivity index (χ2v) is 6.99. The van der Waals surface area contributed by atoms with E-state index in [1.807, 2.05) is 53.4 Å². The molecule has 0 bridgehead atoms. The van der Waals surface area contributed by atoms with E-state index < -0.39 is 0 Å². The van der Waals surface area contributed by atoms with E-state index in [0.717, 1.165) is 36.1 Å². The number of benzene rings is 2. The normalized spacial score (nSPS) is 18.3. The van der Waals surface area contributed by atoms with Gasteiger partial charge in [-0.15, -0.1) is 0 Å². The summed E-state index contributed by atoms with van der Waals surface area (Å²) < 4.78 is 0. The summed E-state index contributed by atoms with van der Waals surface area (Å²) in [5.74, 6) is 0. The third kappa shape index (κ3) is 3.57. The Kier molecular flexibility index (Phi) is 4.61. The number of piperidine rings is 1. The number of amides is 2. The summed E-state index contributed by atoms with van der Waals surface area (Å²) in [7, 11) is 0. The smallest absolute Gasteiger partial charge is 0.317 e. The van der Waals surface area contributed by atoms with Gasteiger partial charge >= 0.3 is 6.03 Å². The molecular weight excluding hydrogens is 326 g/mol. The molecule has 2 aromatic rings. The monoisotopic (exact) mass is 349 g/mol. The van der Waals surface area contributed by atoms with E-state index in [4.69, 9.17) is 4.84 Å². The maximum atomic E-state index is 12.4. The van der Waals surface area contributed by atoms with Gasteiger partial charge in [0.25, 0.3) is 0 Å². The van der Waals surface area contributed by atoms with Crippen molar-refractivity contribution in [2.75, 3.05) is 13.1 Å². The van der Waals surface area contributed by atoms with Crippen molar-refractivity contribution in [3.63, 3.8) is 0 Å². The van der Waals surface area contributed by atoms with E-state index in [1.54, 1.807) is 0 Å². The number of urea groups is 1. The quantitative estimate of drug-likeness (QED) is 0.921. The van der Waals surface area contributed by atoms with Gasteiger partial charge in [-0.25, -0.2) is 4.79 Å². The van der Waals surface area contributed by atoms with Gasteiger partial charge in [-0.2, -0.15) is 0 Å². The predicted octanol–water partition coefficient (Wildman–Crippen LogP) is 3.56. The number of hydrogen-bond donors (Lipinski definition) is 1. The van der Waals surface area contributed by atoms with Crippen LogP contribution in [-0.2, 0) is 11.4 Å². The van der Waals surface area contributed by atoms with Crippen LogP contribution < -0.4 is 5.32 Å². The number of hydrogen-bond acceptors (Lipinski definition) is 3. The van der Waals surface area contributed by atoms with Crippen LogP contribution in [-0.4, -0.2) is 35.3 Å². The van der Waals surface area contributed by atoms with Gasteiger partial charge in [0.05, 0.1) is 5.71 Å². The maximum Gasteiger partial charge on any atom is 0.317 e. The molecule has 5 heteroatoms. The first kappa shape index (κ1) is 16.6. The molecular formula is C21H23N3O2. The SMILES string of the molecule is O=C(NCc1ccccc1)N1CCC2(CC1)CC(c1ccccc1)=NO2. The summed E-state index contributed by atoms with van der Waals surface area (Å²) >= 11 is 0. The molecule has 0 aromatic heterocycles. The predicted molar refractivity (Wildman–Crippen MR) is 101 cm³/mol. The summed E-state index contributed by atoms with van der Waals surface area (Å²) in [4.78, 5) is 20.1. The molecule has 2 aromatic carbocycles. The van der Waals surface area contributed by atoms with Crippen molar-refractivity contribution in [2.45, 2.75) is 31.4 Å². The Morgan fingerprint density at radius 1 is 1.04 bits per heavy atom. The van der Waals surface area contributed by atoms with Crippen molar-refractivity contribution in [1.82, 2.24) is 10.2 Å². The van der Waals surface area contributed by atoms with Gasteiger partial charge in [0.15, 0.2) is 0 Å². The molecule has 1 spiro atoms. The van der Waals surface area contributed by atoms with Crippen molar-refractivity contribution in [3.05, 3.63) is 71.8 Å². The molecule has 0 unspecified atom stereocenters. The van der Waals surface area contributed by atoms with Crippen molar-refractivity contribution in [3.8, 4) is 0 Å². The highest BCUT2D eigenvalue weighted by atomic mass is 16.7. The van der Waals surface area contributed by atoms with Gasteiger partial charge in [-0.05, 0) is 11.1 Å². The molecule has 0 radical (unpaired) electrons. The highest BCUT2D eigenvalue weighted by molar-refractivity contribution is 6.01. The second-order valence-electron chi connectivity index (χ2n) is 6.99. The number of nitrogens with one attached hydrogen (secondary N) is 1. The van der Waals surface area contributed by atoms with Gasteiger partial charge in [0, 0.05) is 38.9 Å². The zero-order valence-electron chi connectivity index (χ0n) is 14.7. The number of likely N-dealkylation sites (tertiary alicyclic amines) is 1. The third-order valence-electron chi connectivity index (χ3n) is 5.19. The minimum absolute atomic E-state index is 0.00842. The lowest BCUT2D eigenvalue weighted by molar-refractivity contribution is -0.0550. The Bertz CT molecular complexity index is 781. The Morgan fingerprint density at radius 2 is 1.69 bits per heavy atom. The molecule has 2 aliphatic rings. The number of nitrogens with zero attached hydrogens (tertiary/aromatic N) is 2. The molecule has 4 rings (SSSR count). The molecule has 2 amide bonds. The van der Waals surface area contributed by atoms with Gasteiger partial charge in [0.1, 0.15) is 5.60 Å². The van der Waals surface area contributed by atoms with Gasteiger partial charge < -0.3 is 15.1 Å². The van der Waals surface area contributed by atoms with E-state index in [9.17, 15) is 4.79 Å². The third-order valence-corrected chi connectivity index (χ3v) is 5.19. The largest absolute Gasteiger partial charge is 0.388 e. The topological polar surface area (TPSA) is 53.9 Å². The van der Waals surface area contributed by atoms with E-state index in [0.29, 0.717) is 19.6 Å². The Hall–Kier alpha value is -2.82. The molecule has 2 aliphatic heterocycles. The Labute approximate surface area is 153 Å². The molecule has 0 aliphatic carbocycles. The van der Waals surface area contributed by atoms with E-state index in [-0.39, 0.29) is 11.6 Å². The average molecular weight is 349 g/mol. The van der Waals surface area contributed by atoms with Crippen molar-refractivity contribution >= 4 is 11.7 Å². The van der Waals surface area contributed by atoms with E-state index >= 15 is 0 Å². The molecule has 1 saturated heterocycles. The van der Waals surface area contributed by atoms with Crippen molar-refractivity contribution in [2.24, 2.45) is 5.16 Å². The molecule has 5 nitrogen and oxygen atoms in total. The van der Waals surface area contributed by atoms with Crippen molar-refractivity contribution < 1.29 is 9.63 Å². The Balaban J connectivity index is 1.29. The standard InChI is InChI=1S/C21H23N3O2/c25-20(22-16-17-7-3-1-4-8-17)24-13-11-21(12-14-24)15-19(23-26-21)18-9-5-2-6-10-18/h1-10H,11-16H2,(H,22,25). The lowest BCUT2D eigenvalue weighted by Gasteiger charge is -2.37. The number of carbonyl (C=O) groups excluding carboxylic acids is 1. The number of rotatable bonds is 3. The molecule has 134 valence electrons. The van der Waals surface area contributed by atoms with Crippen LogP contribution in [0.4, 0.5) is 4.79 Å². The van der Waals surface area contributed by atoms with Crippen LogP contribution in [0, 0.1) is 0 Å². The first-order valence-electron chi connectivity index (χ1n) is 9.11. The average Bonchev–Trinajstić information content (AvgIpc) is 3.12. The van der Waals surface area contributed by atoms with Gasteiger partial charge in [0.2, 0.25) is 0 Å². The number of oxime groups is 1. The minimum Gasteiger partial charge on any atom is -0.388 e. The fourth-order valence-corrected chi connectivity index (χ4v) is 3.58. The van der Waals surface area contributed by atoms with E-state index in [1.165, 1.54) is 0 Å². The molecule has 0 saturated carbocycles. The van der Waals surface area contributed by atoms with Crippen LogP contribution in [0.2, 0.25) is 0 Å². The van der Waals surface area contributed by atoms with Crippen LogP contribution in [0.25, 0.3) is 0 Å². The van der Waals surface area contributed by atoms with E-state index in [2.05, 4.69) is 22.6 Å². The molecule has 1 N–H and O–H groups in total. The van der Waals surface area contributed by atoms with Crippen LogP contribution in [0.3, 0.4) is 0 Å². The summed E-state index contributed by atoms with van der Waals surface area (Å²) in [6, 6.07) is 20.1. The zero-order chi connectivity index (χ0) is 17.8. The zero-order valence-corrected chi connectivity index (χ0v) is 14.7. The summed E-state index contributed by atoms with van der Waals surface area (Å²) in [6.07, 6.45) is 2.44. The second kappa shape index (κ2) is 7.20. The fraction of sp³-hybridized carbons (Fsp3) is 0.333.